The van der Waals surface area contributed by atoms with Crippen LogP contribution in [0.5, 0.6) is 5.75 Å². The van der Waals surface area contributed by atoms with Crippen molar-refractivity contribution in [2.45, 2.75) is 6.92 Å². The van der Waals surface area contributed by atoms with Crippen molar-refractivity contribution >= 4 is 10.9 Å². The molecule has 2 aromatic carbocycles. The van der Waals surface area contributed by atoms with E-state index in [1.54, 1.807) is 12.1 Å². The lowest BCUT2D eigenvalue weighted by Crippen LogP contribution is -1.86. The fraction of sp³-hybridized carbons (Fsp3) is 0.0625. The molecule has 0 bridgehead atoms. The maximum atomic E-state index is 9.57. The van der Waals surface area contributed by atoms with Gasteiger partial charge in [-0.05, 0) is 42.3 Å². The van der Waals surface area contributed by atoms with Crippen LogP contribution in [0.4, 0.5) is 0 Å². The Balaban J connectivity index is 2.29. The van der Waals surface area contributed by atoms with Crippen molar-refractivity contribution in [2.75, 3.05) is 0 Å². The summed E-state index contributed by atoms with van der Waals surface area (Å²) >= 11 is 0. The lowest BCUT2D eigenvalue weighted by Gasteiger charge is -2.07. The molecular weight excluding hydrogens is 222 g/mol. The first-order valence-corrected chi connectivity index (χ1v) is 5.90. The molecule has 0 unspecified atom stereocenters. The van der Waals surface area contributed by atoms with Crippen molar-refractivity contribution in [3.63, 3.8) is 0 Å². The highest BCUT2D eigenvalue weighted by Gasteiger charge is 2.05. The largest absolute Gasteiger partial charge is 0.508 e. The van der Waals surface area contributed by atoms with Crippen molar-refractivity contribution in [1.29, 1.82) is 0 Å². The molecule has 1 N–H and O–H groups in total. The van der Waals surface area contributed by atoms with Crippen LogP contribution in [0.1, 0.15) is 5.69 Å². The quantitative estimate of drug-likeness (QED) is 0.693. The summed E-state index contributed by atoms with van der Waals surface area (Å²) in [6.07, 6.45) is 0. The van der Waals surface area contributed by atoms with Crippen LogP contribution in [-0.2, 0) is 0 Å². The molecule has 0 spiro atoms. The average molecular weight is 235 g/mol. The summed E-state index contributed by atoms with van der Waals surface area (Å²) in [5.41, 5.74) is 4.09. The molecule has 3 aromatic rings. The number of pyridine rings is 1. The second-order valence-corrected chi connectivity index (χ2v) is 4.38. The molecule has 1 aromatic heterocycles. The first kappa shape index (κ1) is 10.8. The molecule has 0 atom stereocenters. The molecule has 3 rings (SSSR count). The maximum Gasteiger partial charge on any atom is 0.116 e. The highest BCUT2D eigenvalue weighted by molar-refractivity contribution is 5.94. The number of fused-ring (bicyclic) bond motifs is 1. The normalized spacial score (nSPS) is 10.7. The molecule has 0 fully saturated rings. The molecule has 0 aliphatic carbocycles. The summed E-state index contributed by atoms with van der Waals surface area (Å²) in [5, 5.41) is 10.7. The fourth-order valence-corrected chi connectivity index (χ4v) is 2.18. The van der Waals surface area contributed by atoms with Gasteiger partial charge in [-0.25, -0.2) is 0 Å². The number of phenolic OH excluding ortho intramolecular Hbond substituents is 1. The lowest BCUT2D eigenvalue weighted by atomic mass is 10.0. The van der Waals surface area contributed by atoms with Crippen LogP contribution in [0.25, 0.3) is 22.0 Å². The highest BCUT2D eigenvalue weighted by Crippen LogP contribution is 2.29. The second-order valence-electron chi connectivity index (χ2n) is 4.38. The van der Waals surface area contributed by atoms with E-state index >= 15 is 0 Å². The number of benzene rings is 2. The molecule has 0 saturated heterocycles. The Hall–Kier alpha value is -2.35. The van der Waals surface area contributed by atoms with E-state index in [2.05, 4.69) is 11.1 Å². The summed E-state index contributed by atoms with van der Waals surface area (Å²) in [6, 6.07) is 17.4. The van der Waals surface area contributed by atoms with Crippen LogP contribution in [0.3, 0.4) is 0 Å². The third kappa shape index (κ3) is 1.82. The molecular formula is C16H13NO. The summed E-state index contributed by atoms with van der Waals surface area (Å²) < 4.78 is 0. The molecule has 88 valence electrons. The SMILES string of the molecule is Cc1ccc2c(-c3cccc(O)c3)cccc2n1. The number of phenols is 1. The number of hydrogen-bond acceptors (Lipinski definition) is 2. The van der Waals surface area contributed by atoms with Crippen LogP contribution >= 0.6 is 0 Å². The Morgan fingerprint density at radius 3 is 2.61 bits per heavy atom. The van der Waals surface area contributed by atoms with Gasteiger partial charge in [0.15, 0.2) is 0 Å². The van der Waals surface area contributed by atoms with Crippen molar-refractivity contribution in [1.82, 2.24) is 4.98 Å². The van der Waals surface area contributed by atoms with E-state index < -0.39 is 0 Å². The number of aromatic hydroxyl groups is 1. The zero-order valence-corrected chi connectivity index (χ0v) is 10.1. The first-order valence-electron chi connectivity index (χ1n) is 5.90. The Labute approximate surface area is 106 Å². The molecule has 2 heteroatoms. The number of aryl methyl sites for hydroxylation is 1. The van der Waals surface area contributed by atoms with Gasteiger partial charge in [-0.15, -0.1) is 0 Å². The van der Waals surface area contributed by atoms with Gasteiger partial charge >= 0.3 is 0 Å². The Morgan fingerprint density at radius 2 is 1.78 bits per heavy atom. The van der Waals surface area contributed by atoms with E-state index in [0.717, 1.165) is 27.7 Å². The minimum absolute atomic E-state index is 0.282. The molecule has 0 aliphatic rings. The lowest BCUT2D eigenvalue weighted by molar-refractivity contribution is 0.475. The second kappa shape index (κ2) is 4.15. The standard InChI is InChI=1S/C16H13NO/c1-11-8-9-15-14(6-3-7-16(15)17-11)12-4-2-5-13(18)10-12/h2-10,18H,1H3. The molecule has 0 aliphatic heterocycles. The maximum absolute atomic E-state index is 9.57. The number of nitrogens with zero attached hydrogens (tertiary/aromatic N) is 1. The average Bonchev–Trinajstić information content (AvgIpc) is 2.37. The number of aromatic nitrogens is 1. The number of hydrogen-bond donors (Lipinski definition) is 1. The van der Waals surface area contributed by atoms with Crippen molar-refractivity contribution in [2.24, 2.45) is 0 Å². The van der Waals surface area contributed by atoms with Gasteiger partial charge in [-0.1, -0.05) is 30.3 Å². The Morgan fingerprint density at radius 1 is 0.944 bits per heavy atom. The zero-order chi connectivity index (χ0) is 12.5. The van der Waals surface area contributed by atoms with Gasteiger partial charge in [0.2, 0.25) is 0 Å². The van der Waals surface area contributed by atoms with Gasteiger partial charge in [-0.3, -0.25) is 4.98 Å². The minimum atomic E-state index is 0.282. The van der Waals surface area contributed by atoms with Gasteiger partial charge in [0.25, 0.3) is 0 Å². The van der Waals surface area contributed by atoms with E-state index in [-0.39, 0.29) is 5.75 Å². The van der Waals surface area contributed by atoms with Gasteiger partial charge < -0.3 is 5.11 Å². The van der Waals surface area contributed by atoms with Crippen LogP contribution in [0.2, 0.25) is 0 Å². The van der Waals surface area contributed by atoms with Crippen molar-refractivity contribution in [3.05, 3.63) is 60.3 Å². The summed E-state index contributed by atoms with van der Waals surface area (Å²) in [6.45, 7) is 1.99. The van der Waals surface area contributed by atoms with E-state index in [4.69, 9.17) is 0 Å². The van der Waals surface area contributed by atoms with Crippen LogP contribution in [0.15, 0.2) is 54.6 Å². The predicted molar refractivity (Wildman–Crippen MR) is 73.6 cm³/mol. The van der Waals surface area contributed by atoms with Gasteiger partial charge in [0.05, 0.1) is 5.52 Å². The summed E-state index contributed by atoms with van der Waals surface area (Å²) in [5.74, 6) is 0.282. The zero-order valence-electron chi connectivity index (χ0n) is 10.1. The van der Waals surface area contributed by atoms with Crippen LogP contribution in [0, 0.1) is 6.92 Å². The van der Waals surface area contributed by atoms with Gasteiger partial charge in [-0.2, -0.15) is 0 Å². The van der Waals surface area contributed by atoms with Crippen molar-refractivity contribution < 1.29 is 5.11 Å². The van der Waals surface area contributed by atoms with E-state index in [1.165, 1.54) is 0 Å². The minimum Gasteiger partial charge on any atom is -0.508 e. The fourth-order valence-electron chi connectivity index (χ4n) is 2.18. The Bertz CT molecular complexity index is 719. The first-order chi connectivity index (χ1) is 8.74. The van der Waals surface area contributed by atoms with E-state index in [9.17, 15) is 5.11 Å². The third-order valence-electron chi connectivity index (χ3n) is 3.03. The molecule has 0 saturated carbocycles. The Kier molecular flexibility index (Phi) is 2.49. The monoisotopic (exact) mass is 235 g/mol. The van der Waals surface area contributed by atoms with Gasteiger partial charge in [0.1, 0.15) is 5.75 Å². The molecule has 2 nitrogen and oxygen atoms in total. The van der Waals surface area contributed by atoms with Crippen LogP contribution in [-0.4, -0.2) is 10.1 Å². The van der Waals surface area contributed by atoms with Gasteiger partial charge in [0, 0.05) is 11.1 Å². The third-order valence-corrected chi connectivity index (χ3v) is 3.03. The molecule has 18 heavy (non-hydrogen) atoms. The highest BCUT2D eigenvalue weighted by atomic mass is 16.3. The van der Waals surface area contributed by atoms with E-state index in [1.807, 2.05) is 43.3 Å². The summed E-state index contributed by atoms with van der Waals surface area (Å²) in [7, 11) is 0. The molecule has 1 heterocycles. The predicted octanol–water partition coefficient (Wildman–Crippen LogP) is 3.92. The molecule has 0 radical (unpaired) electrons. The van der Waals surface area contributed by atoms with E-state index in [0.29, 0.717) is 0 Å². The van der Waals surface area contributed by atoms with Crippen LogP contribution < -0.4 is 0 Å². The molecule has 0 amide bonds. The topological polar surface area (TPSA) is 33.1 Å². The van der Waals surface area contributed by atoms with Crippen molar-refractivity contribution in [3.8, 4) is 16.9 Å². The number of rotatable bonds is 1. The smallest absolute Gasteiger partial charge is 0.116 e. The summed E-state index contributed by atoms with van der Waals surface area (Å²) in [4.78, 5) is 4.52.